The predicted octanol–water partition coefficient (Wildman–Crippen LogP) is -0.862. The van der Waals surface area contributed by atoms with Gasteiger partial charge in [0.25, 0.3) is 0 Å². The summed E-state index contributed by atoms with van der Waals surface area (Å²) in [6.45, 7) is 6.09. The Morgan fingerprint density at radius 1 is 1.50 bits per heavy atom. The summed E-state index contributed by atoms with van der Waals surface area (Å²) in [4.78, 5) is 11.4. The number of hydrogen-bond acceptors (Lipinski definition) is 5. The van der Waals surface area contributed by atoms with Crippen LogP contribution >= 0.6 is 0 Å². The predicted molar refractivity (Wildman–Crippen MR) is 64.9 cm³/mol. The SMILES string of the molecule is CC(C)OCC(O)C[N+]1(CCO)CCOC(=O)C1. The van der Waals surface area contributed by atoms with Crippen molar-refractivity contribution in [1.29, 1.82) is 0 Å². The van der Waals surface area contributed by atoms with E-state index in [0.717, 1.165) is 0 Å². The van der Waals surface area contributed by atoms with E-state index in [0.29, 0.717) is 30.7 Å². The van der Waals surface area contributed by atoms with Crippen LogP contribution in [0.4, 0.5) is 0 Å². The van der Waals surface area contributed by atoms with Gasteiger partial charge in [0, 0.05) is 0 Å². The molecule has 0 amide bonds. The fourth-order valence-corrected chi connectivity index (χ4v) is 2.21. The van der Waals surface area contributed by atoms with E-state index < -0.39 is 6.10 Å². The van der Waals surface area contributed by atoms with Crippen molar-refractivity contribution in [2.45, 2.75) is 26.1 Å². The van der Waals surface area contributed by atoms with Gasteiger partial charge in [-0.3, -0.25) is 0 Å². The third-order valence-corrected chi connectivity index (χ3v) is 3.09. The van der Waals surface area contributed by atoms with E-state index in [4.69, 9.17) is 14.6 Å². The summed E-state index contributed by atoms with van der Waals surface area (Å²) in [7, 11) is 0. The first-order valence-corrected chi connectivity index (χ1v) is 6.39. The highest BCUT2D eigenvalue weighted by atomic mass is 16.5. The Hall–Kier alpha value is -0.690. The number of cyclic esters (lactones) is 1. The van der Waals surface area contributed by atoms with Crippen molar-refractivity contribution in [2.75, 3.05) is 46.0 Å². The maximum Gasteiger partial charge on any atom is 0.362 e. The minimum Gasteiger partial charge on any atom is -0.456 e. The molecule has 0 radical (unpaired) electrons. The summed E-state index contributed by atoms with van der Waals surface area (Å²) in [5.41, 5.74) is 0. The van der Waals surface area contributed by atoms with Crippen LogP contribution in [0.3, 0.4) is 0 Å². The quantitative estimate of drug-likeness (QED) is 0.461. The van der Waals surface area contributed by atoms with Crippen LogP contribution in [0.5, 0.6) is 0 Å². The molecule has 6 nitrogen and oxygen atoms in total. The van der Waals surface area contributed by atoms with Gasteiger partial charge in [-0.05, 0) is 13.8 Å². The van der Waals surface area contributed by atoms with Crippen LogP contribution in [0.15, 0.2) is 0 Å². The molecule has 1 fully saturated rings. The Balaban J connectivity index is 2.53. The number of quaternary nitrogens is 1. The average molecular weight is 262 g/mol. The summed E-state index contributed by atoms with van der Waals surface area (Å²) < 4.78 is 10.6. The first-order chi connectivity index (χ1) is 8.47. The van der Waals surface area contributed by atoms with Gasteiger partial charge in [-0.15, -0.1) is 0 Å². The molecule has 0 aliphatic carbocycles. The molecule has 0 aromatic rings. The lowest BCUT2D eigenvalue weighted by atomic mass is 10.2. The van der Waals surface area contributed by atoms with Gasteiger partial charge in [0.05, 0.1) is 19.3 Å². The summed E-state index contributed by atoms with van der Waals surface area (Å²) in [6.07, 6.45) is -0.567. The average Bonchev–Trinajstić information content (AvgIpc) is 2.26. The standard InChI is InChI=1S/C12H24NO5/c1-10(2)18-9-11(15)7-13(3-5-14)4-6-17-12(16)8-13/h10-11,14-15H,3-9H2,1-2H3/q+1. The van der Waals surface area contributed by atoms with Gasteiger partial charge in [0.1, 0.15) is 32.3 Å². The Kier molecular flexibility index (Phi) is 6.01. The van der Waals surface area contributed by atoms with E-state index in [1.807, 2.05) is 13.8 Å². The second-order valence-electron chi connectivity index (χ2n) is 5.11. The minimum absolute atomic E-state index is 0.00889. The van der Waals surface area contributed by atoms with Crippen LogP contribution in [0.2, 0.25) is 0 Å². The number of carbonyl (C=O) groups is 1. The van der Waals surface area contributed by atoms with E-state index >= 15 is 0 Å². The third-order valence-electron chi connectivity index (χ3n) is 3.09. The van der Waals surface area contributed by atoms with E-state index in [1.54, 1.807) is 0 Å². The zero-order chi connectivity index (χ0) is 13.6. The monoisotopic (exact) mass is 262 g/mol. The van der Waals surface area contributed by atoms with Crippen molar-refractivity contribution >= 4 is 5.97 Å². The number of rotatable bonds is 7. The summed E-state index contributed by atoms with van der Waals surface area (Å²) in [5.74, 6) is -0.272. The number of esters is 1. The van der Waals surface area contributed by atoms with E-state index in [9.17, 15) is 9.90 Å². The number of nitrogens with zero attached hydrogens (tertiary/aromatic N) is 1. The highest BCUT2D eigenvalue weighted by Crippen LogP contribution is 2.13. The fraction of sp³-hybridized carbons (Fsp3) is 0.917. The van der Waals surface area contributed by atoms with E-state index in [-0.39, 0.29) is 31.8 Å². The molecule has 0 bridgehead atoms. The van der Waals surface area contributed by atoms with Crippen LogP contribution in [0.1, 0.15) is 13.8 Å². The van der Waals surface area contributed by atoms with Crippen LogP contribution in [-0.2, 0) is 14.3 Å². The van der Waals surface area contributed by atoms with Gasteiger partial charge in [-0.25, -0.2) is 4.79 Å². The third kappa shape index (κ3) is 4.89. The number of carbonyl (C=O) groups excluding carboxylic acids is 1. The molecule has 6 heteroatoms. The van der Waals surface area contributed by atoms with Crippen LogP contribution in [0.25, 0.3) is 0 Å². The highest BCUT2D eigenvalue weighted by Gasteiger charge is 2.36. The number of aliphatic hydroxyl groups is 2. The Bertz CT molecular complexity index is 267. The Morgan fingerprint density at radius 3 is 2.78 bits per heavy atom. The Labute approximate surface area is 108 Å². The minimum atomic E-state index is -0.634. The number of hydrogen-bond donors (Lipinski definition) is 2. The molecule has 2 atom stereocenters. The van der Waals surface area contributed by atoms with Crippen molar-refractivity contribution in [3.63, 3.8) is 0 Å². The summed E-state index contributed by atoms with van der Waals surface area (Å²) in [5, 5.41) is 19.1. The summed E-state index contributed by atoms with van der Waals surface area (Å²) in [6, 6.07) is 0. The molecule has 0 aromatic heterocycles. The van der Waals surface area contributed by atoms with Crippen molar-refractivity contribution in [3.8, 4) is 0 Å². The maximum atomic E-state index is 11.4. The fourth-order valence-electron chi connectivity index (χ4n) is 2.21. The van der Waals surface area contributed by atoms with Crippen LogP contribution < -0.4 is 0 Å². The molecule has 1 heterocycles. The molecule has 1 aliphatic rings. The van der Waals surface area contributed by atoms with E-state index in [1.165, 1.54) is 0 Å². The smallest absolute Gasteiger partial charge is 0.362 e. The first-order valence-electron chi connectivity index (χ1n) is 6.39. The molecule has 0 aromatic carbocycles. The van der Waals surface area contributed by atoms with Gasteiger partial charge < -0.3 is 24.2 Å². The van der Waals surface area contributed by atoms with Crippen LogP contribution in [0, 0.1) is 0 Å². The molecule has 2 unspecified atom stereocenters. The number of morpholine rings is 1. The molecular formula is C12H24NO5+. The maximum absolute atomic E-state index is 11.4. The lowest BCUT2D eigenvalue weighted by Gasteiger charge is -2.40. The van der Waals surface area contributed by atoms with Crippen molar-refractivity contribution in [3.05, 3.63) is 0 Å². The zero-order valence-corrected chi connectivity index (χ0v) is 11.2. The molecule has 1 saturated heterocycles. The topological polar surface area (TPSA) is 76.0 Å². The molecule has 1 aliphatic heterocycles. The second kappa shape index (κ2) is 7.04. The molecule has 0 spiro atoms. The number of aliphatic hydroxyl groups excluding tert-OH is 2. The van der Waals surface area contributed by atoms with Crippen molar-refractivity contribution in [1.82, 2.24) is 0 Å². The summed E-state index contributed by atoms with van der Waals surface area (Å²) >= 11 is 0. The van der Waals surface area contributed by atoms with Gasteiger partial charge in [-0.2, -0.15) is 0 Å². The largest absolute Gasteiger partial charge is 0.456 e. The first kappa shape index (κ1) is 15.4. The second-order valence-corrected chi connectivity index (χ2v) is 5.11. The molecule has 2 N–H and O–H groups in total. The van der Waals surface area contributed by atoms with Crippen molar-refractivity contribution in [2.24, 2.45) is 0 Å². The van der Waals surface area contributed by atoms with Crippen molar-refractivity contribution < 1.29 is 29.0 Å². The van der Waals surface area contributed by atoms with Gasteiger partial charge in [-0.1, -0.05) is 0 Å². The lowest BCUT2D eigenvalue weighted by molar-refractivity contribution is -0.928. The molecule has 1 rings (SSSR count). The zero-order valence-electron chi connectivity index (χ0n) is 11.2. The van der Waals surface area contributed by atoms with Gasteiger partial charge >= 0.3 is 5.97 Å². The molecule has 106 valence electrons. The molecule has 0 saturated carbocycles. The van der Waals surface area contributed by atoms with E-state index in [2.05, 4.69) is 0 Å². The van der Waals surface area contributed by atoms with Gasteiger partial charge in [0.15, 0.2) is 6.54 Å². The normalized spacial score (nSPS) is 26.2. The number of ether oxygens (including phenoxy) is 2. The lowest BCUT2D eigenvalue weighted by Crippen LogP contribution is -2.61. The van der Waals surface area contributed by atoms with Crippen LogP contribution in [-0.4, -0.2) is 78.9 Å². The molecule has 18 heavy (non-hydrogen) atoms. The molecular weight excluding hydrogens is 238 g/mol. The Morgan fingerprint density at radius 2 is 2.22 bits per heavy atom. The highest BCUT2D eigenvalue weighted by molar-refractivity contribution is 5.71. The van der Waals surface area contributed by atoms with Gasteiger partial charge in [0.2, 0.25) is 0 Å².